The Labute approximate surface area is 143 Å². The second-order valence-corrected chi connectivity index (χ2v) is 7.37. The summed E-state index contributed by atoms with van der Waals surface area (Å²) < 4.78 is 1.85. The van der Waals surface area contributed by atoms with Gasteiger partial charge in [-0.25, -0.2) is 9.67 Å². The van der Waals surface area contributed by atoms with Gasteiger partial charge in [-0.3, -0.25) is 0 Å². The number of rotatable bonds is 4. The van der Waals surface area contributed by atoms with Crippen LogP contribution in [0.1, 0.15) is 44.1 Å². The molecule has 1 aromatic carbocycles. The molecular formula is C19H27N5. The van der Waals surface area contributed by atoms with E-state index in [0.29, 0.717) is 11.5 Å². The number of hydrogen-bond acceptors (Lipinski definition) is 4. The van der Waals surface area contributed by atoms with Crippen LogP contribution in [0.5, 0.6) is 0 Å². The van der Waals surface area contributed by atoms with Crippen LogP contribution < -0.4 is 10.6 Å². The fourth-order valence-corrected chi connectivity index (χ4v) is 4.36. The van der Waals surface area contributed by atoms with Gasteiger partial charge in [-0.15, -0.1) is 0 Å². The van der Waals surface area contributed by atoms with Gasteiger partial charge in [-0.05, 0) is 68.7 Å². The molecule has 0 radical (unpaired) electrons. The molecular weight excluding hydrogens is 298 g/mol. The summed E-state index contributed by atoms with van der Waals surface area (Å²) in [6.45, 7) is 3.32. The van der Waals surface area contributed by atoms with Gasteiger partial charge in [0.1, 0.15) is 12.7 Å². The van der Waals surface area contributed by atoms with Crippen LogP contribution in [0, 0.1) is 5.41 Å². The Kier molecular flexibility index (Phi) is 4.63. The van der Waals surface area contributed by atoms with Crippen molar-refractivity contribution in [1.29, 1.82) is 0 Å². The average Bonchev–Trinajstić information content (AvgIpc) is 3.17. The van der Waals surface area contributed by atoms with E-state index >= 15 is 0 Å². The lowest BCUT2D eigenvalue weighted by molar-refractivity contribution is 0.115. The quantitative estimate of drug-likeness (QED) is 0.907. The fraction of sp³-hybridized carbons (Fsp3) is 0.579. The molecule has 0 atom stereocenters. The summed E-state index contributed by atoms with van der Waals surface area (Å²) in [5, 5.41) is 11.6. The van der Waals surface area contributed by atoms with Crippen molar-refractivity contribution in [2.75, 3.05) is 13.1 Å². The minimum absolute atomic E-state index is 0.641. The summed E-state index contributed by atoms with van der Waals surface area (Å²) in [5.41, 5.74) is 3.04. The molecule has 2 aromatic rings. The Morgan fingerprint density at radius 3 is 2.67 bits per heavy atom. The Balaban J connectivity index is 1.35. The Morgan fingerprint density at radius 1 is 1.12 bits per heavy atom. The highest BCUT2D eigenvalue weighted by atomic mass is 15.3. The first-order chi connectivity index (χ1) is 11.8. The summed E-state index contributed by atoms with van der Waals surface area (Å²) in [7, 11) is 0. The summed E-state index contributed by atoms with van der Waals surface area (Å²) >= 11 is 0. The molecule has 0 bridgehead atoms. The first-order valence-electron chi connectivity index (χ1n) is 9.22. The molecule has 2 aliphatic rings. The number of hydrogen-bond donors (Lipinski definition) is 2. The van der Waals surface area contributed by atoms with E-state index in [9.17, 15) is 0 Å². The largest absolute Gasteiger partial charge is 0.317 e. The highest BCUT2D eigenvalue weighted by molar-refractivity contribution is 5.39. The molecule has 1 aromatic heterocycles. The maximum Gasteiger partial charge on any atom is 0.138 e. The smallest absolute Gasteiger partial charge is 0.138 e. The lowest BCUT2D eigenvalue weighted by Crippen LogP contribution is -2.43. The van der Waals surface area contributed by atoms with Crippen LogP contribution in [0.3, 0.4) is 0 Å². The first-order valence-corrected chi connectivity index (χ1v) is 9.22. The predicted molar refractivity (Wildman–Crippen MR) is 95.0 cm³/mol. The zero-order chi connectivity index (χ0) is 16.2. The van der Waals surface area contributed by atoms with Gasteiger partial charge in [0.2, 0.25) is 0 Å². The van der Waals surface area contributed by atoms with Crippen LogP contribution >= 0.6 is 0 Å². The van der Waals surface area contributed by atoms with Crippen molar-refractivity contribution in [1.82, 2.24) is 25.4 Å². The standard InChI is InChI=1S/C19H27N5/c1-2-4-18(24-15-21-14-23-24)16(3-1)13-22-17-5-7-19(8-6-17)9-11-20-12-10-19/h1-4,14-15,17,20,22H,5-13H2. The molecule has 4 rings (SSSR count). The summed E-state index contributed by atoms with van der Waals surface area (Å²) in [4.78, 5) is 4.06. The summed E-state index contributed by atoms with van der Waals surface area (Å²) in [6.07, 6.45) is 11.5. The van der Waals surface area contributed by atoms with Crippen LogP contribution in [0.25, 0.3) is 5.69 Å². The molecule has 24 heavy (non-hydrogen) atoms. The van der Waals surface area contributed by atoms with Gasteiger partial charge in [0.25, 0.3) is 0 Å². The van der Waals surface area contributed by atoms with Crippen LogP contribution in [0.2, 0.25) is 0 Å². The van der Waals surface area contributed by atoms with E-state index in [-0.39, 0.29) is 0 Å². The second kappa shape index (κ2) is 7.03. The summed E-state index contributed by atoms with van der Waals surface area (Å²) in [5.74, 6) is 0. The second-order valence-electron chi connectivity index (χ2n) is 7.37. The van der Waals surface area contributed by atoms with Crippen LogP contribution in [-0.2, 0) is 6.54 Å². The lowest BCUT2D eigenvalue weighted by atomic mass is 9.67. The van der Waals surface area contributed by atoms with Gasteiger partial charge < -0.3 is 10.6 Å². The maximum absolute atomic E-state index is 4.27. The van der Waals surface area contributed by atoms with Crippen LogP contribution in [0.4, 0.5) is 0 Å². The zero-order valence-electron chi connectivity index (χ0n) is 14.2. The third kappa shape index (κ3) is 3.37. The third-order valence-electron chi connectivity index (χ3n) is 5.95. The molecule has 2 N–H and O–H groups in total. The van der Waals surface area contributed by atoms with Gasteiger partial charge in [0, 0.05) is 12.6 Å². The number of para-hydroxylation sites is 1. The SMILES string of the molecule is c1ccc(-n2cncn2)c(CNC2CCC3(CCNCC3)CC2)c1. The number of nitrogens with zero attached hydrogens (tertiary/aromatic N) is 3. The molecule has 0 amide bonds. The number of piperidine rings is 1. The van der Waals surface area contributed by atoms with Crippen molar-refractivity contribution < 1.29 is 0 Å². The topological polar surface area (TPSA) is 54.8 Å². The Morgan fingerprint density at radius 2 is 1.92 bits per heavy atom. The normalized spacial score (nSPS) is 21.2. The molecule has 1 saturated heterocycles. The Bertz CT molecular complexity index is 636. The molecule has 5 heteroatoms. The monoisotopic (exact) mass is 325 g/mol. The van der Waals surface area contributed by atoms with Crippen LogP contribution in [-0.4, -0.2) is 33.9 Å². The third-order valence-corrected chi connectivity index (χ3v) is 5.95. The van der Waals surface area contributed by atoms with Crippen molar-refractivity contribution in [3.63, 3.8) is 0 Å². The average molecular weight is 325 g/mol. The molecule has 2 heterocycles. The first kappa shape index (κ1) is 15.8. The van der Waals surface area contributed by atoms with Crippen molar-refractivity contribution in [2.24, 2.45) is 5.41 Å². The van der Waals surface area contributed by atoms with Crippen molar-refractivity contribution in [2.45, 2.75) is 51.1 Å². The van der Waals surface area contributed by atoms with Gasteiger partial charge in [-0.2, -0.15) is 5.10 Å². The number of nitrogens with one attached hydrogen (secondary N) is 2. The van der Waals surface area contributed by atoms with Crippen molar-refractivity contribution >= 4 is 0 Å². The minimum Gasteiger partial charge on any atom is -0.317 e. The fourth-order valence-electron chi connectivity index (χ4n) is 4.36. The lowest BCUT2D eigenvalue weighted by Gasteiger charge is -2.43. The molecule has 1 aliphatic carbocycles. The van der Waals surface area contributed by atoms with Crippen LogP contribution in [0.15, 0.2) is 36.9 Å². The number of benzene rings is 1. The highest BCUT2D eigenvalue weighted by Crippen LogP contribution is 2.43. The van der Waals surface area contributed by atoms with E-state index in [0.717, 1.165) is 12.2 Å². The Hall–Kier alpha value is -1.72. The van der Waals surface area contributed by atoms with Gasteiger partial charge in [-0.1, -0.05) is 18.2 Å². The van der Waals surface area contributed by atoms with E-state index in [2.05, 4.69) is 45.0 Å². The minimum atomic E-state index is 0.641. The molecule has 1 spiro atoms. The molecule has 1 aliphatic heterocycles. The highest BCUT2D eigenvalue weighted by Gasteiger charge is 2.35. The predicted octanol–water partition coefficient (Wildman–Crippen LogP) is 2.67. The van der Waals surface area contributed by atoms with Gasteiger partial charge in [0.15, 0.2) is 0 Å². The molecule has 1 saturated carbocycles. The van der Waals surface area contributed by atoms with Gasteiger partial charge in [0.05, 0.1) is 5.69 Å². The van der Waals surface area contributed by atoms with Crippen molar-refractivity contribution in [3.8, 4) is 5.69 Å². The zero-order valence-corrected chi connectivity index (χ0v) is 14.2. The number of aromatic nitrogens is 3. The van der Waals surface area contributed by atoms with E-state index in [1.807, 2.05) is 4.68 Å². The van der Waals surface area contributed by atoms with E-state index in [4.69, 9.17) is 0 Å². The van der Waals surface area contributed by atoms with Gasteiger partial charge >= 0.3 is 0 Å². The molecule has 2 fully saturated rings. The van der Waals surface area contributed by atoms with Crippen molar-refractivity contribution in [3.05, 3.63) is 42.5 Å². The molecule has 5 nitrogen and oxygen atoms in total. The van der Waals surface area contributed by atoms with E-state index < -0.39 is 0 Å². The molecule has 128 valence electrons. The van der Waals surface area contributed by atoms with E-state index in [1.54, 1.807) is 12.7 Å². The molecule has 0 unspecified atom stereocenters. The van der Waals surface area contributed by atoms with E-state index in [1.165, 1.54) is 57.2 Å². The maximum atomic E-state index is 4.27. The summed E-state index contributed by atoms with van der Waals surface area (Å²) in [6, 6.07) is 9.09.